The SMILES string of the molecule is Cc1ccc([C@@](Cc2ccccc2)(NC(=O)NC(C)C)c2cc(F)cc(C(F)(F)I)c2)cc1C(F)(F)F. The van der Waals surface area contributed by atoms with E-state index in [-0.39, 0.29) is 29.2 Å². The van der Waals surface area contributed by atoms with Crippen molar-refractivity contribution in [3.05, 3.63) is 106 Å². The van der Waals surface area contributed by atoms with Crippen LogP contribution in [-0.4, -0.2) is 12.1 Å². The van der Waals surface area contributed by atoms with Crippen molar-refractivity contribution >= 4 is 28.6 Å². The zero-order valence-corrected chi connectivity index (χ0v) is 22.3. The van der Waals surface area contributed by atoms with Crippen LogP contribution in [0.3, 0.4) is 0 Å². The Kier molecular flexibility index (Phi) is 8.50. The summed E-state index contributed by atoms with van der Waals surface area (Å²) in [6.45, 7) is 4.66. The molecule has 0 saturated carbocycles. The van der Waals surface area contributed by atoms with Crippen molar-refractivity contribution < 1.29 is 31.1 Å². The Labute approximate surface area is 224 Å². The van der Waals surface area contributed by atoms with Crippen molar-refractivity contribution in [3.8, 4) is 0 Å². The molecular formula is C27H25F6IN2O. The maximum absolute atomic E-state index is 14.8. The minimum absolute atomic E-state index is 0.0403. The van der Waals surface area contributed by atoms with Crippen LogP contribution >= 0.6 is 22.6 Å². The molecule has 3 aromatic rings. The highest BCUT2D eigenvalue weighted by Gasteiger charge is 2.41. The summed E-state index contributed by atoms with van der Waals surface area (Å²) in [5, 5.41) is 5.34. The molecule has 0 fully saturated rings. The van der Waals surface area contributed by atoms with Gasteiger partial charge in [0.2, 0.25) is 0 Å². The Balaban J connectivity index is 2.40. The van der Waals surface area contributed by atoms with Crippen molar-refractivity contribution in [2.45, 2.75) is 48.9 Å². The maximum atomic E-state index is 14.8. The van der Waals surface area contributed by atoms with Gasteiger partial charge in [-0.15, -0.1) is 0 Å². The molecule has 2 N–H and O–H groups in total. The number of alkyl halides is 6. The lowest BCUT2D eigenvalue weighted by Crippen LogP contribution is -2.53. The number of amides is 2. The molecule has 0 radical (unpaired) electrons. The number of hydrogen-bond acceptors (Lipinski definition) is 1. The van der Waals surface area contributed by atoms with Crippen LogP contribution in [0, 0.1) is 12.7 Å². The van der Waals surface area contributed by atoms with E-state index in [1.807, 2.05) is 0 Å². The minimum atomic E-state index is -4.72. The molecule has 0 spiro atoms. The molecule has 1 atom stereocenters. The molecule has 0 aliphatic rings. The number of urea groups is 1. The van der Waals surface area contributed by atoms with Gasteiger partial charge in [-0.3, -0.25) is 0 Å². The second-order valence-corrected chi connectivity index (χ2v) is 10.4. The molecule has 0 saturated heterocycles. The molecule has 3 rings (SSSR count). The van der Waals surface area contributed by atoms with Crippen LogP contribution in [0.15, 0.2) is 66.7 Å². The Hall–Kier alpha value is -2.76. The molecule has 0 aromatic heterocycles. The van der Waals surface area contributed by atoms with E-state index in [2.05, 4.69) is 10.6 Å². The average molecular weight is 634 g/mol. The summed E-state index contributed by atoms with van der Waals surface area (Å²) in [5.74, 6) is -1.02. The van der Waals surface area contributed by atoms with Gasteiger partial charge in [-0.1, -0.05) is 42.5 Å². The second-order valence-electron chi connectivity index (χ2n) is 9.07. The molecule has 3 nitrogen and oxygen atoms in total. The van der Waals surface area contributed by atoms with E-state index >= 15 is 0 Å². The fourth-order valence-corrected chi connectivity index (χ4v) is 4.46. The van der Waals surface area contributed by atoms with E-state index in [9.17, 15) is 31.1 Å². The normalized spacial score (nSPS) is 13.8. The van der Waals surface area contributed by atoms with Gasteiger partial charge in [-0.25, -0.2) is 9.18 Å². The third-order valence-electron chi connectivity index (χ3n) is 5.81. The van der Waals surface area contributed by atoms with Crippen molar-refractivity contribution in [3.63, 3.8) is 0 Å². The Bertz CT molecular complexity index is 1260. The van der Waals surface area contributed by atoms with Gasteiger partial charge in [0.25, 0.3) is 0 Å². The fraction of sp³-hybridized carbons (Fsp3) is 0.296. The molecule has 37 heavy (non-hydrogen) atoms. The monoisotopic (exact) mass is 634 g/mol. The van der Waals surface area contributed by atoms with Crippen molar-refractivity contribution in [1.82, 2.24) is 10.6 Å². The summed E-state index contributed by atoms with van der Waals surface area (Å²) < 4.78 is 81.6. The van der Waals surface area contributed by atoms with E-state index in [1.165, 1.54) is 19.1 Å². The average Bonchev–Trinajstić information content (AvgIpc) is 2.77. The fourth-order valence-electron chi connectivity index (χ4n) is 4.15. The van der Waals surface area contributed by atoms with Gasteiger partial charge < -0.3 is 10.6 Å². The first kappa shape index (κ1) is 28.8. The van der Waals surface area contributed by atoms with Gasteiger partial charge in [0.1, 0.15) is 5.82 Å². The van der Waals surface area contributed by atoms with Crippen LogP contribution in [0.4, 0.5) is 31.1 Å². The lowest BCUT2D eigenvalue weighted by molar-refractivity contribution is -0.138. The van der Waals surface area contributed by atoms with E-state index in [0.717, 1.165) is 40.8 Å². The number of carbonyl (C=O) groups is 1. The smallest absolute Gasteiger partial charge is 0.336 e. The summed E-state index contributed by atoms with van der Waals surface area (Å²) in [4.78, 5) is 13.0. The summed E-state index contributed by atoms with van der Waals surface area (Å²) in [6, 6.07) is 13.5. The number of aryl methyl sites for hydroxylation is 1. The Morgan fingerprint density at radius 2 is 1.51 bits per heavy atom. The number of halogens is 7. The van der Waals surface area contributed by atoms with Gasteiger partial charge in [0, 0.05) is 40.6 Å². The van der Waals surface area contributed by atoms with Gasteiger partial charge in [-0.05, 0) is 67.3 Å². The standard InChI is InChI=1S/C27H25F6IN2O/c1-16(2)35-24(37)36-25(15-18-7-5-4-6-8-18,19-10-9-17(3)23(14-19)26(29,30)31)20-11-21(27(32,33)34)13-22(28)12-20/h4-14,16H,15H2,1-3H3,(H2,35,36,37)/t25-/m1/s1. The third-order valence-corrected chi connectivity index (χ3v) is 6.44. The molecule has 0 aliphatic carbocycles. The highest BCUT2D eigenvalue weighted by Crippen LogP contribution is 2.42. The van der Waals surface area contributed by atoms with Gasteiger partial charge >= 0.3 is 16.1 Å². The summed E-state index contributed by atoms with van der Waals surface area (Å²) >= 11 is 0.855. The second kappa shape index (κ2) is 10.9. The number of hydrogen-bond donors (Lipinski definition) is 2. The molecule has 0 heterocycles. The van der Waals surface area contributed by atoms with Crippen molar-refractivity contribution in [2.75, 3.05) is 0 Å². The van der Waals surface area contributed by atoms with Crippen LogP contribution in [0.2, 0.25) is 0 Å². The first-order valence-corrected chi connectivity index (χ1v) is 12.4. The molecule has 0 unspecified atom stereocenters. The van der Waals surface area contributed by atoms with Crippen molar-refractivity contribution in [2.24, 2.45) is 0 Å². The van der Waals surface area contributed by atoms with Crippen LogP contribution < -0.4 is 10.6 Å². The van der Waals surface area contributed by atoms with Gasteiger partial charge in [0.15, 0.2) is 0 Å². The first-order valence-electron chi connectivity index (χ1n) is 11.3. The van der Waals surface area contributed by atoms with E-state index in [1.54, 1.807) is 44.2 Å². The first-order chi connectivity index (χ1) is 17.1. The Morgan fingerprint density at radius 1 is 0.892 bits per heavy atom. The minimum Gasteiger partial charge on any atom is -0.336 e. The quantitative estimate of drug-likeness (QED) is 0.155. The largest absolute Gasteiger partial charge is 0.416 e. The van der Waals surface area contributed by atoms with Crippen LogP contribution in [-0.2, 0) is 22.1 Å². The van der Waals surface area contributed by atoms with E-state index in [0.29, 0.717) is 11.6 Å². The summed E-state index contributed by atoms with van der Waals surface area (Å²) in [7, 11) is 0. The molecule has 0 bridgehead atoms. The van der Waals surface area contributed by atoms with E-state index < -0.39 is 38.6 Å². The lowest BCUT2D eigenvalue weighted by atomic mass is 9.76. The van der Waals surface area contributed by atoms with Gasteiger partial charge in [-0.2, -0.15) is 22.0 Å². The van der Waals surface area contributed by atoms with Crippen LogP contribution in [0.25, 0.3) is 0 Å². The molecular weight excluding hydrogens is 609 g/mol. The molecule has 0 aliphatic heterocycles. The zero-order chi connectivity index (χ0) is 27.6. The topological polar surface area (TPSA) is 41.1 Å². The Morgan fingerprint density at radius 3 is 2.08 bits per heavy atom. The molecule has 10 heteroatoms. The predicted octanol–water partition coefficient (Wildman–Crippen LogP) is 7.83. The number of benzene rings is 3. The predicted molar refractivity (Wildman–Crippen MR) is 138 cm³/mol. The summed E-state index contributed by atoms with van der Waals surface area (Å²) in [6.07, 6.45) is -4.86. The molecule has 3 aromatic carbocycles. The van der Waals surface area contributed by atoms with E-state index in [4.69, 9.17) is 0 Å². The lowest BCUT2D eigenvalue weighted by Gasteiger charge is -2.37. The third kappa shape index (κ3) is 6.97. The van der Waals surface area contributed by atoms with Crippen molar-refractivity contribution in [1.29, 1.82) is 0 Å². The maximum Gasteiger partial charge on any atom is 0.416 e. The van der Waals surface area contributed by atoms with Gasteiger partial charge in [0.05, 0.1) is 11.1 Å². The molecule has 2 amide bonds. The number of carbonyl (C=O) groups excluding carboxylic acids is 1. The highest BCUT2D eigenvalue weighted by molar-refractivity contribution is 14.1. The molecule has 198 valence electrons. The van der Waals surface area contributed by atoms with Crippen LogP contribution in [0.1, 0.15) is 47.2 Å². The number of nitrogens with one attached hydrogen (secondary N) is 2. The number of rotatable bonds is 7. The van der Waals surface area contributed by atoms with Crippen LogP contribution in [0.5, 0.6) is 0 Å². The summed E-state index contributed by atoms with van der Waals surface area (Å²) in [5.41, 5.74) is -3.13. The highest BCUT2D eigenvalue weighted by atomic mass is 127. The zero-order valence-electron chi connectivity index (χ0n) is 20.2.